The average molecular weight is 298 g/mol. The zero-order valence-corrected chi connectivity index (χ0v) is 12.1. The normalized spacial score (nSPS) is 24.3. The van der Waals surface area contributed by atoms with Crippen molar-refractivity contribution in [2.75, 3.05) is 18.0 Å². The van der Waals surface area contributed by atoms with Crippen LogP contribution in [0, 0.1) is 0 Å². The molecule has 5 nitrogen and oxygen atoms in total. The molecule has 6 heteroatoms. The fourth-order valence-corrected chi connectivity index (χ4v) is 3.93. The lowest BCUT2D eigenvalue weighted by molar-refractivity contribution is 0.220. The van der Waals surface area contributed by atoms with Crippen molar-refractivity contribution < 1.29 is 4.42 Å². The minimum absolute atomic E-state index is 0.595. The standard InChI is InChI=1S/C15H14N4OS/c1-2-11(14-16-4-5-21-14)13-12(3-1)18-15(20-13)19-7-9-6-10(8-19)17-9/h1-5,9-10,17H,6-8H2. The second-order valence-electron chi connectivity index (χ2n) is 5.69. The van der Waals surface area contributed by atoms with Crippen LogP contribution >= 0.6 is 11.3 Å². The van der Waals surface area contributed by atoms with Crippen molar-refractivity contribution in [3.8, 4) is 10.6 Å². The molecule has 3 aliphatic rings. The summed E-state index contributed by atoms with van der Waals surface area (Å²) in [6, 6.07) is 7.99. The molecule has 21 heavy (non-hydrogen) atoms. The maximum Gasteiger partial charge on any atom is 0.298 e. The summed E-state index contributed by atoms with van der Waals surface area (Å²) < 4.78 is 6.09. The van der Waals surface area contributed by atoms with Crippen LogP contribution in [0.5, 0.6) is 0 Å². The van der Waals surface area contributed by atoms with Crippen LogP contribution in [0.2, 0.25) is 0 Å². The van der Waals surface area contributed by atoms with Crippen molar-refractivity contribution >= 4 is 28.5 Å². The molecule has 0 saturated carbocycles. The fourth-order valence-electron chi connectivity index (χ4n) is 3.27. The highest BCUT2D eigenvalue weighted by Crippen LogP contribution is 2.34. The number of nitrogens with zero attached hydrogens (tertiary/aromatic N) is 3. The highest BCUT2D eigenvalue weighted by molar-refractivity contribution is 7.13. The van der Waals surface area contributed by atoms with E-state index in [1.165, 1.54) is 6.42 Å². The third-order valence-corrected chi connectivity index (χ3v) is 5.07. The molecule has 0 amide bonds. The van der Waals surface area contributed by atoms with Gasteiger partial charge in [0.15, 0.2) is 5.58 Å². The van der Waals surface area contributed by atoms with Crippen LogP contribution in [0.4, 0.5) is 6.01 Å². The molecule has 5 heterocycles. The maximum absolute atomic E-state index is 6.09. The van der Waals surface area contributed by atoms with Gasteiger partial charge in [-0.25, -0.2) is 4.98 Å². The van der Waals surface area contributed by atoms with Gasteiger partial charge in [0.05, 0.1) is 5.56 Å². The molecule has 2 aromatic heterocycles. The number of aromatic nitrogens is 2. The van der Waals surface area contributed by atoms with Crippen molar-refractivity contribution in [1.29, 1.82) is 0 Å². The van der Waals surface area contributed by atoms with E-state index >= 15 is 0 Å². The smallest absolute Gasteiger partial charge is 0.298 e. The summed E-state index contributed by atoms with van der Waals surface area (Å²) >= 11 is 1.62. The zero-order chi connectivity index (χ0) is 13.8. The van der Waals surface area contributed by atoms with Gasteiger partial charge in [0, 0.05) is 36.8 Å². The molecular weight excluding hydrogens is 284 g/mol. The van der Waals surface area contributed by atoms with Crippen LogP contribution in [0.1, 0.15) is 6.42 Å². The summed E-state index contributed by atoms with van der Waals surface area (Å²) in [4.78, 5) is 11.3. The Morgan fingerprint density at radius 2 is 2.14 bits per heavy atom. The van der Waals surface area contributed by atoms with Crippen molar-refractivity contribution in [2.45, 2.75) is 18.5 Å². The van der Waals surface area contributed by atoms with E-state index in [1.807, 2.05) is 29.8 Å². The minimum atomic E-state index is 0.595. The number of fused-ring (bicyclic) bond motifs is 3. The fraction of sp³-hybridized carbons (Fsp3) is 0.333. The molecule has 1 N–H and O–H groups in total. The monoisotopic (exact) mass is 298 g/mol. The van der Waals surface area contributed by atoms with Gasteiger partial charge in [0.2, 0.25) is 0 Å². The Morgan fingerprint density at radius 1 is 1.29 bits per heavy atom. The Balaban J connectivity index is 1.59. The van der Waals surface area contributed by atoms with E-state index in [0.29, 0.717) is 12.1 Å². The third-order valence-electron chi connectivity index (χ3n) is 4.26. The molecule has 2 unspecified atom stereocenters. The number of oxazole rings is 1. The topological polar surface area (TPSA) is 54.2 Å². The van der Waals surface area contributed by atoms with E-state index in [4.69, 9.17) is 4.42 Å². The summed E-state index contributed by atoms with van der Waals surface area (Å²) in [5.41, 5.74) is 2.78. The molecular formula is C15H14N4OS. The van der Waals surface area contributed by atoms with Gasteiger partial charge in [-0.3, -0.25) is 0 Å². The number of anilines is 1. The number of benzene rings is 1. The second-order valence-corrected chi connectivity index (χ2v) is 6.58. The molecule has 3 saturated heterocycles. The van der Waals surface area contributed by atoms with E-state index in [9.17, 15) is 0 Å². The average Bonchev–Trinajstić information content (AvgIpc) is 3.15. The van der Waals surface area contributed by atoms with Gasteiger partial charge in [-0.1, -0.05) is 6.07 Å². The highest BCUT2D eigenvalue weighted by atomic mass is 32.1. The van der Waals surface area contributed by atoms with E-state index in [-0.39, 0.29) is 0 Å². The molecule has 106 valence electrons. The largest absolute Gasteiger partial charge is 0.423 e. The molecule has 3 aliphatic heterocycles. The Hall–Kier alpha value is -1.92. The number of rotatable bonds is 2. The van der Waals surface area contributed by atoms with Gasteiger partial charge >= 0.3 is 0 Å². The van der Waals surface area contributed by atoms with E-state index in [0.717, 1.165) is 40.8 Å². The molecule has 0 radical (unpaired) electrons. The first-order chi connectivity index (χ1) is 10.4. The lowest BCUT2D eigenvalue weighted by atomic mass is 9.92. The Kier molecular flexibility index (Phi) is 2.39. The number of piperidine rings is 1. The molecule has 3 fully saturated rings. The molecule has 2 atom stereocenters. The number of thiazole rings is 1. The van der Waals surface area contributed by atoms with Gasteiger partial charge in [-0.15, -0.1) is 11.3 Å². The Bertz CT molecular complexity index is 781. The lowest BCUT2D eigenvalue weighted by Crippen LogP contribution is -2.67. The van der Waals surface area contributed by atoms with Crippen molar-refractivity contribution in [2.24, 2.45) is 0 Å². The number of hydrogen-bond acceptors (Lipinski definition) is 6. The van der Waals surface area contributed by atoms with Gasteiger partial charge in [0.25, 0.3) is 6.01 Å². The first-order valence-electron chi connectivity index (χ1n) is 7.17. The number of para-hydroxylation sites is 1. The highest BCUT2D eigenvalue weighted by Gasteiger charge is 2.38. The van der Waals surface area contributed by atoms with E-state index < -0.39 is 0 Å². The van der Waals surface area contributed by atoms with Crippen LogP contribution in [0.3, 0.4) is 0 Å². The van der Waals surface area contributed by atoms with Gasteiger partial charge in [0.1, 0.15) is 10.5 Å². The van der Waals surface area contributed by atoms with Crippen LogP contribution in [0.25, 0.3) is 21.7 Å². The van der Waals surface area contributed by atoms with E-state index in [2.05, 4.69) is 20.2 Å². The predicted octanol–water partition coefficient (Wildman–Crippen LogP) is 2.50. The molecule has 1 aromatic carbocycles. The molecule has 0 aliphatic carbocycles. The van der Waals surface area contributed by atoms with Gasteiger partial charge in [-0.05, 0) is 18.6 Å². The van der Waals surface area contributed by atoms with Gasteiger partial charge < -0.3 is 14.6 Å². The number of hydrogen-bond donors (Lipinski definition) is 1. The number of nitrogens with one attached hydrogen (secondary N) is 1. The quantitative estimate of drug-likeness (QED) is 0.788. The molecule has 6 rings (SSSR count). The van der Waals surface area contributed by atoms with Crippen molar-refractivity contribution in [3.63, 3.8) is 0 Å². The SMILES string of the molecule is c1cc(-c2nccs2)c2oc(N3CC4CC(C3)N4)nc2c1. The summed E-state index contributed by atoms with van der Waals surface area (Å²) in [7, 11) is 0. The first kappa shape index (κ1) is 11.7. The number of piperazine rings is 1. The van der Waals surface area contributed by atoms with Crippen LogP contribution < -0.4 is 10.2 Å². The summed E-state index contributed by atoms with van der Waals surface area (Å²) in [5, 5.41) is 6.49. The second kappa shape index (κ2) is 4.29. The van der Waals surface area contributed by atoms with Crippen LogP contribution in [-0.2, 0) is 0 Å². The van der Waals surface area contributed by atoms with E-state index in [1.54, 1.807) is 11.3 Å². The molecule has 3 aromatic rings. The Labute approximate surface area is 125 Å². The van der Waals surface area contributed by atoms with Crippen molar-refractivity contribution in [3.05, 3.63) is 29.8 Å². The molecule has 2 bridgehead atoms. The first-order valence-corrected chi connectivity index (χ1v) is 8.05. The zero-order valence-electron chi connectivity index (χ0n) is 11.3. The van der Waals surface area contributed by atoms with Gasteiger partial charge in [-0.2, -0.15) is 4.98 Å². The lowest BCUT2D eigenvalue weighted by Gasteiger charge is -2.47. The van der Waals surface area contributed by atoms with Crippen LogP contribution in [-0.4, -0.2) is 35.1 Å². The minimum Gasteiger partial charge on any atom is -0.423 e. The molecule has 0 spiro atoms. The summed E-state index contributed by atoms with van der Waals surface area (Å²) in [6.45, 7) is 1.96. The van der Waals surface area contributed by atoms with Crippen molar-refractivity contribution in [1.82, 2.24) is 15.3 Å². The third kappa shape index (κ3) is 1.79. The summed E-state index contributed by atoms with van der Waals surface area (Å²) in [6.07, 6.45) is 3.10. The van der Waals surface area contributed by atoms with Crippen LogP contribution in [0.15, 0.2) is 34.2 Å². The maximum atomic E-state index is 6.09. The summed E-state index contributed by atoms with van der Waals surface area (Å²) in [5.74, 6) is 0. The predicted molar refractivity (Wildman–Crippen MR) is 82.7 cm³/mol. The Morgan fingerprint density at radius 3 is 2.90 bits per heavy atom.